The van der Waals surface area contributed by atoms with E-state index in [0.29, 0.717) is 18.1 Å². The maximum absolute atomic E-state index is 12.5. The first-order valence-corrected chi connectivity index (χ1v) is 9.51. The number of alkyl halides is 3. The van der Waals surface area contributed by atoms with E-state index in [1.165, 1.54) is 0 Å². The van der Waals surface area contributed by atoms with E-state index in [1.54, 1.807) is 31.7 Å². The third-order valence-electron chi connectivity index (χ3n) is 3.97. The molecule has 0 aliphatic rings. The molecule has 0 radical (unpaired) electrons. The molecule has 2 N–H and O–H groups in total. The van der Waals surface area contributed by atoms with Gasteiger partial charge in [-0.05, 0) is 38.3 Å². The van der Waals surface area contributed by atoms with Gasteiger partial charge in [0.15, 0.2) is 12.6 Å². The second-order valence-electron chi connectivity index (χ2n) is 6.54. The second kappa shape index (κ2) is 11.3. The molecule has 0 aliphatic heterocycles. The molecule has 160 valence electrons. The quantitative estimate of drug-likeness (QED) is 0.356. The van der Waals surface area contributed by atoms with Gasteiger partial charge in [-0.25, -0.2) is 4.99 Å². The predicted molar refractivity (Wildman–Crippen MR) is 105 cm³/mol. The van der Waals surface area contributed by atoms with Crippen LogP contribution in [0.2, 0.25) is 0 Å². The van der Waals surface area contributed by atoms with Crippen LogP contribution in [-0.4, -0.2) is 46.6 Å². The van der Waals surface area contributed by atoms with Gasteiger partial charge in [-0.15, -0.1) is 10.2 Å². The number of rotatable bonds is 10. The van der Waals surface area contributed by atoms with Crippen LogP contribution in [0.25, 0.3) is 0 Å². The summed E-state index contributed by atoms with van der Waals surface area (Å²) in [6.45, 7) is 4.89. The third-order valence-corrected chi connectivity index (χ3v) is 3.97. The van der Waals surface area contributed by atoms with E-state index in [9.17, 15) is 13.2 Å². The number of guanidine groups is 1. The Morgan fingerprint density at radius 1 is 1.17 bits per heavy atom. The average Bonchev–Trinajstić information content (AvgIpc) is 3.18. The monoisotopic (exact) mass is 412 g/mol. The van der Waals surface area contributed by atoms with Gasteiger partial charge in [-0.3, -0.25) is 0 Å². The highest BCUT2D eigenvalue weighted by Gasteiger charge is 2.28. The minimum Gasteiger partial charge on any atom is -0.484 e. The predicted octanol–water partition coefficient (Wildman–Crippen LogP) is 3.06. The Labute approximate surface area is 168 Å². The third kappa shape index (κ3) is 8.84. The minimum absolute atomic E-state index is 0.205. The Morgan fingerprint density at radius 2 is 1.93 bits per heavy atom. The number of ether oxygens (including phenoxy) is 1. The number of nitrogens with zero attached hydrogens (tertiary/aromatic N) is 4. The lowest BCUT2D eigenvalue weighted by Gasteiger charge is -2.14. The highest BCUT2D eigenvalue weighted by Crippen LogP contribution is 2.24. The number of aryl methyl sites for hydroxylation is 2. The molecule has 2 rings (SSSR count). The van der Waals surface area contributed by atoms with Crippen molar-refractivity contribution in [3.8, 4) is 5.75 Å². The Kier molecular flexibility index (Phi) is 8.75. The first-order valence-electron chi connectivity index (χ1n) is 9.51. The largest absolute Gasteiger partial charge is 0.484 e. The maximum atomic E-state index is 12.5. The first kappa shape index (κ1) is 22.5. The lowest BCUT2D eigenvalue weighted by Crippen LogP contribution is -2.37. The molecule has 0 amide bonds. The summed E-state index contributed by atoms with van der Waals surface area (Å²) in [5.74, 6) is 0.815. The van der Waals surface area contributed by atoms with E-state index in [-0.39, 0.29) is 12.3 Å². The molecule has 1 aromatic carbocycles. The second-order valence-corrected chi connectivity index (χ2v) is 6.54. The zero-order valence-electron chi connectivity index (χ0n) is 16.7. The highest BCUT2D eigenvalue weighted by atomic mass is 19.4. The molecule has 0 saturated carbocycles. The van der Waals surface area contributed by atoms with Crippen LogP contribution in [0.1, 0.15) is 30.9 Å². The molecule has 0 saturated heterocycles. The first-order chi connectivity index (χ1) is 13.9. The Morgan fingerprint density at radius 3 is 2.62 bits per heavy atom. The van der Waals surface area contributed by atoms with Crippen LogP contribution in [0.5, 0.6) is 5.75 Å². The van der Waals surface area contributed by atoms with Crippen molar-refractivity contribution in [1.82, 2.24) is 25.4 Å². The average molecular weight is 412 g/mol. The standard InChI is InChI=1S/C19H27F3N6O/c1-3-23-18(24-8-4-5-9-28-13-26-27-14-28)25-11-16-7-6-15(2)10-17(16)29-12-19(20,21)22/h6-7,10,13-14H,3-5,8-9,11-12H2,1-2H3,(H2,23,24,25). The van der Waals surface area contributed by atoms with Gasteiger partial charge in [0.25, 0.3) is 0 Å². The van der Waals surface area contributed by atoms with Gasteiger partial charge in [-0.1, -0.05) is 12.1 Å². The summed E-state index contributed by atoms with van der Waals surface area (Å²) in [6.07, 6.45) is 0.858. The topological polar surface area (TPSA) is 76.4 Å². The molecule has 7 nitrogen and oxygen atoms in total. The summed E-state index contributed by atoms with van der Waals surface area (Å²) in [5, 5.41) is 13.9. The van der Waals surface area contributed by atoms with Gasteiger partial charge >= 0.3 is 6.18 Å². The van der Waals surface area contributed by atoms with E-state index in [4.69, 9.17) is 4.74 Å². The zero-order valence-corrected chi connectivity index (χ0v) is 16.7. The number of hydrogen-bond acceptors (Lipinski definition) is 4. The van der Waals surface area contributed by atoms with Gasteiger partial charge in [0.05, 0.1) is 6.54 Å². The molecular formula is C19H27F3N6O. The number of nitrogens with one attached hydrogen (secondary N) is 2. The van der Waals surface area contributed by atoms with Crippen LogP contribution in [0.4, 0.5) is 13.2 Å². The normalized spacial score (nSPS) is 12.1. The van der Waals surface area contributed by atoms with Gasteiger partial charge in [0.1, 0.15) is 18.4 Å². The number of unbranched alkanes of at least 4 members (excludes halogenated alkanes) is 1. The molecule has 0 bridgehead atoms. The molecular weight excluding hydrogens is 385 g/mol. The number of aromatic nitrogens is 3. The lowest BCUT2D eigenvalue weighted by atomic mass is 10.1. The summed E-state index contributed by atoms with van der Waals surface area (Å²) in [7, 11) is 0. The van der Waals surface area contributed by atoms with Crippen molar-refractivity contribution >= 4 is 5.96 Å². The molecule has 0 unspecified atom stereocenters. The number of aliphatic imine (C=N–C) groups is 1. The van der Waals surface area contributed by atoms with Crippen molar-refractivity contribution < 1.29 is 17.9 Å². The van der Waals surface area contributed by atoms with E-state index >= 15 is 0 Å². The van der Waals surface area contributed by atoms with Crippen molar-refractivity contribution in [3.05, 3.63) is 42.0 Å². The van der Waals surface area contributed by atoms with E-state index < -0.39 is 12.8 Å². The highest BCUT2D eigenvalue weighted by molar-refractivity contribution is 5.79. The molecule has 0 aliphatic carbocycles. The van der Waals surface area contributed by atoms with Crippen LogP contribution in [0.3, 0.4) is 0 Å². The summed E-state index contributed by atoms with van der Waals surface area (Å²) < 4.78 is 44.4. The van der Waals surface area contributed by atoms with E-state index in [1.807, 2.05) is 17.6 Å². The summed E-state index contributed by atoms with van der Waals surface area (Å²) >= 11 is 0. The number of benzene rings is 1. The van der Waals surface area contributed by atoms with Gasteiger partial charge in [-0.2, -0.15) is 13.2 Å². The van der Waals surface area contributed by atoms with E-state index in [0.717, 1.165) is 31.5 Å². The maximum Gasteiger partial charge on any atom is 0.422 e. The van der Waals surface area contributed by atoms with Crippen LogP contribution in [0.15, 0.2) is 35.8 Å². The van der Waals surface area contributed by atoms with Crippen LogP contribution >= 0.6 is 0 Å². The Hall–Kier alpha value is -2.78. The fourth-order valence-electron chi connectivity index (χ4n) is 2.56. The van der Waals surface area contributed by atoms with Gasteiger partial charge in [0.2, 0.25) is 0 Å². The van der Waals surface area contributed by atoms with Crippen LogP contribution in [-0.2, 0) is 13.1 Å². The number of hydrogen-bond donors (Lipinski definition) is 2. The lowest BCUT2D eigenvalue weighted by molar-refractivity contribution is -0.153. The molecule has 0 atom stereocenters. The minimum atomic E-state index is -4.38. The Bertz CT molecular complexity index is 762. The van der Waals surface area contributed by atoms with Crippen LogP contribution in [0, 0.1) is 6.92 Å². The molecule has 1 aromatic heterocycles. The number of halogens is 3. The fraction of sp³-hybridized carbons (Fsp3) is 0.526. The molecule has 29 heavy (non-hydrogen) atoms. The molecule has 1 heterocycles. The summed E-state index contributed by atoms with van der Waals surface area (Å²) in [4.78, 5) is 4.47. The van der Waals surface area contributed by atoms with Crippen molar-refractivity contribution in [1.29, 1.82) is 0 Å². The zero-order chi connectivity index (χ0) is 21.1. The van der Waals surface area contributed by atoms with Crippen molar-refractivity contribution in [2.75, 3.05) is 19.7 Å². The molecule has 2 aromatic rings. The summed E-state index contributed by atoms with van der Waals surface area (Å²) in [5.41, 5.74) is 1.43. The van der Waals surface area contributed by atoms with E-state index in [2.05, 4.69) is 25.8 Å². The smallest absolute Gasteiger partial charge is 0.422 e. The Balaban J connectivity index is 1.89. The van der Waals surface area contributed by atoms with Gasteiger partial charge in [0, 0.05) is 25.2 Å². The fourth-order valence-corrected chi connectivity index (χ4v) is 2.56. The van der Waals surface area contributed by atoms with Gasteiger partial charge < -0.3 is 19.9 Å². The SMILES string of the molecule is CCNC(=NCc1ccc(C)cc1OCC(F)(F)F)NCCCCn1cnnc1. The summed E-state index contributed by atoms with van der Waals surface area (Å²) in [6, 6.07) is 5.17. The van der Waals surface area contributed by atoms with Crippen molar-refractivity contribution in [2.45, 2.75) is 46.0 Å². The molecule has 0 fully saturated rings. The van der Waals surface area contributed by atoms with Crippen LogP contribution < -0.4 is 15.4 Å². The van der Waals surface area contributed by atoms with Crippen molar-refractivity contribution in [2.24, 2.45) is 4.99 Å². The molecule has 0 spiro atoms. The molecule has 10 heteroatoms. The van der Waals surface area contributed by atoms with Crippen molar-refractivity contribution in [3.63, 3.8) is 0 Å².